The van der Waals surface area contributed by atoms with Gasteiger partial charge in [0.05, 0.1) is 15.7 Å². The molecule has 3 aromatic rings. The standard InChI is InChI=1S/C17H15N5O4S/c1-10(16(24)18-11-5-4-6-12(9-11)22(25)26)27-17-19-15(20-21-17)13-7-2-3-8-14(13)23/h2-10,23H,1H3,(H,18,24)(H,19,20,21). The maximum absolute atomic E-state index is 12.3. The molecule has 9 nitrogen and oxygen atoms in total. The average Bonchev–Trinajstić information content (AvgIpc) is 3.10. The summed E-state index contributed by atoms with van der Waals surface area (Å²) < 4.78 is 0. The van der Waals surface area contributed by atoms with Crippen LogP contribution >= 0.6 is 11.8 Å². The number of aromatic hydroxyl groups is 1. The van der Waals surface area contributed by atoms with E-state index in [1.54, 1.807) is 37.3 Å². The third-order valence-corrected chi connectivity index (χ3v) is 4.56. The maximum atomic E-state index is 12.3. The number of amides is 1. The molecule has 27 heavy (non-hydrogen) atoms. The van der Waals surface area contributed by atoms with Crippen molar-refractivity contribution < 1.29 is 14.8 Å². The molecule has 0 saturated carbocycles. The van der Waals surface area contributed by atoms with Crippen molar-refractivity contribution in [3.63, 3.8) is 0 Å². The van der Waals surface area contributed by atoms with E-state index in [0.717, 1.165) is 11.8 Å². The molecule has 0 bridgehead atoms. The van der Waals surface area contributed by atoms with Crippen LogP contribution in [0.4, 0.5) is 11.4 Å². The number of H-pyrrole nitrogens is 1. The van der Waals surface area contributed by atoms with Crippen LogP contribution in [0.1, 0.15) is 6.92 Å². The van der Waals surface area contributed by atoms with E-state index in [9.17, 15) is 20.0 Å². The molecular formula is C17H15N5O4S. The predicted molar refractivity (Wildman–Crippen MR) is 101 cm³/mol. The molecule has 0 aliphatic carbocycles. The number of benzene rings is 2. The van der Waals surface area contributed by atoms with Crippen LogP contribution in [-0.4, -0.2) is 36.4 Å². The smallest absolute Gasteiger partial charge is 0.271 e. The van der Waals surface area contributed by atoms with Crippen LogP contribution in [0.2, 0.25) is 0 Å². The molecule has 0 aliphatic rings. The number of para-hydroxylation sites is 1. The molecular weight excluding hydrogens is 370 g/mol. The summed E-state index contributed by atoms with van der Waals surface area (Å²) in [4.78, 5) is 26.9. The van der Waals surface area contributed by atoms with Crippen LogP contribution in [0.25, 0.3) is 11.4 Å². The SMILES string of the molecule is CC(Sc1n[nH]c(-c2ccccc2O)n1)C(=O)Nc1cccc([N+](=O)[O-])c1. The number of aromatic nitrogens is 3. The van der Waals surface area contributed by atoms with Crippen molar-refractivity contribution in [2.45, 2.75) is 17.3 Å². The topological polar surface area (TPSA) is 134 Å². The minimum atomic E-state index is -0.544. The van der Waals surface area contributed by atoms with Gasteiger partial charge in [-0.3, -0.25) is 20.0 Å². The highest BCUT2D eigenvalue weighted by Crippen LogP contribution is 2.28. The Morgan fingerprint density at radius 1 is 1.30 bits per heavy atom. The highest BCUT2D eigenvalue weighted by Gasteiger charge is 2.19. The van der Waals surface area contributed by atoms with Gasteiger partial charge in [0.2, 0.25) is 11.1 Å². The molecule has 1 heterocycles. The van der Waals surface area contributed by atoms with E-state index < -0.39 is 10.2 Å². The summed E-state index contributed by atoms with van der Waals surface area (Å²) >= 11 is 1.12. The normalized spacial score (nSPS) is 11.7. The van der Waals surface area contributed by atoms with Crippen LogP contribution in [-0.2, 0) is 4.79 Å². The van der Waals surface area contributed by atoms with Crippen molar-refractivity contribution in [2.24, 2.45) is 0 Å². The van der Waals surface area contributed by atoms with Crippen LogP contribution in [0, 0.1) is 10.1 Å². The number of hydrogen-bond acceptors (Lipinski definition) is 7. The van der Waals surface area contributed by atoms with E-state index in [1.807, 2.05) is 0 Å². The lowest BCUT2D eigenvalue weighted by molar-refractivity contribution is -0.384. The number of phenolic OH excluding ortho intramolecular Hbond substituents is 1. The lowest BCUT2D eigenvalue weighted by atomic mass is 10.2. The second-order valence-corrected chi connectivity index (χ2v) is 6.85. The van der Waals surface area contributed by atoms with E-state index in [1.165, 1.54) is 18.2 Å². The minimum absolute atomic E-state index is 0.0710. The van der Waals surface area contributed by atoms with E-state index >= 15 is 0 Å². The fraction of sp³-hybridized carbons (Fsp3) is 0.118. The van der Waals surface area contributed by atoms with Gasteiger partial charge in [0, 0.05) is 17.8 Å². The van der Waals surface area contributed by atoms with Crippen molar-refractivity contribution in [1.29, 1.82) is 0 Å². The Balaban J connectivity index is 1.66. The van der Waals surface area contributed by atoms with Gasteiger partial charge in [-0.1, -0.05) is 30.0 Å². The number of anilines is 1. The molecule has 0 radical (unpaired) electrons. The lowest BCUT2D eigenvalue weighted by Gasteiger charge is -2.09. The second kappa shape index (κ2) is 7.87. The van der Waals surface area contributed by atoms with Crippen LogP contribution in [0.15, 0.2) is 53.7 Å². The van der Waals surface area contributed by atoms with Crippen LogP contribution < -0.4 is 5.32 Å². The Labute approximate surface area is 158 Å². The Morgan fingerprint density at radius 2 is 2.07 bits per heavy atom. The average molecular weight is 385 g/mol. The third kappa shape index (κ3) is 4.42. The fourth-order valence-electron chi connectivity index (χ4n) is 2.25. The number of non-ortho nitro benzene ring substituents is 1. The maximum Gasteiger partial charge on any atom is 0.271 e. The van der Waals surface area contributed by atoms with Crippen LogP contribution in [0.5, 0.6) is 5.75 Å². The summed E-state index contributed by atoms with van der Waals surface area (Å²) in [5.74, 6) is 0.123. The number of nitrogens with one attached hydrogen (secondary N) is 2. The monoisotopic (exact) mass is 385 g/mol. The molecule has 1 aromatic heterocycles. The predicted octanol–water partition coefficient (Wildman–Crippen LogP) is 3.20. The van der Waals surface area contributed by atoms with Gasteiger partial charge >= 0.3 is 0 Å². The first kappa shape index (κ1) is 18.4. The zero-order valence-electron chi connectivity index (χ0n) is 14.1. The number of rotatable bonds is 6. The van der Waals surface area contributed by atoms with Gasteiger partial charge in [-0.15, -0.1) is 5.10 Å². The minimum Gasteiger partial charge on any atom is -0.507 e. The molecule has 0 saturated heterocycles. The number of nitro groups is 1. The molecule has 1 atom stereocenters. The Hall–Kier alpha value is -3.40. The summed E-state index contributed by atoms with van der Waals surface area (Å²) in [6.07, 6.45) is 0. The molecule has 1 amide bonds. The number of carbonyl (C=O) groups excluding carboxylic acids is 1. The number of carbonyl (C=O) groups is 1. The van der Waals surface area contributed by atoms with Crippen molar-refractivity contribution >= 4 is 29.0 Å². The molecule has 3 rings (SSSR count). The Kier molecular flexibility index (Phi) is 5.36. The molecule has 1 unspecified atom stereocenters. The summed E-state index contributed by atoms with van der Waals surface area (Å²) in [5, 5.41) is 29.9. The van der Waals surface area contributed by atoms with E-state index in [-0.39, 0.29) is 17.3 Å². The van der Waals surface area contributed by atoms with Crippen LogP contribution in [0.3, 0.4) is 0 Å². The third-order valence-electron chi connectivity index (χ3n) is 3.60. The van der Waals surface area contributed by atoms with Gasteiger partial charge in [-0.25, -0.2) is 4.98 Å². The van der Waals surface area contributed by atoms with Crippen molar-refractivity contribution in [3.8, 4) is 17.1 Å². The first-order valence-corrected chi connectivity index (χ1v) is 8.75. The molecule has 138 valence electrons. The molecule has 3 N–H and O–H groups in total. The first-order chi connectivity index (χ1) is 12.9. The Morgan fingerprint density at radius 3 is 2.81 bits per heavy atom. The molecule has 0 spiro atoms. The van der Waals surface area contributed by atoms with E-state index in [2.05, 4.69) is 20.5 Å². The number of hydrogen-bond donors (Lipinski definition) is 3. The molecule has 2 aromatic carbocycles. The summed E-state index contributed by atoms with van der Waals surface area (Å²) in [7, 11) is 0. The van der Waals surface area contributed by atoms with Crippen molar-refractivity contribution in [3.05, 3.63) is 58.6 Å². The molecule has 0 aliphatic heterocycles. The number of nitro benzene ring substituents is 1. The second-order valence-electron chi connectivity index (χ2n) is 5.54. The first-order valence-electron chi connectivity index (χ1n) is 7.87. The fourth-order valence-corrected chi connectivity index (χ4v) is 2.97. The van der Waals surface area contributed by atoms with Crippen molar-refractivity contribution in [2.75, 3.05) is 5.32 Å². The molecule has 10 heteroatoms. The van der Waals surface area contributed by atoms with E-state index in [4.69, 9.17) is 0 Å². The number of phenols is 1. The number of aromatic amines is 1. The largest absolute Gasteiger partial charge is 0.507 e. The highest BCUT2D eigenvalue weighted by atomic mass is 32.2. The summed E-state index contributed by atoms with van der Waals surface area (Å²) in [5.41, 5.74) is 0.742. The summed E-state index contributed by atoms with van der Waals surface area (Å²) in [6, 6.07) is 12.4. The van der Waals surface area contributed by atoms with E-state index in [0.29, 0.717) is 22.2 Å². The zero-order valence-corrected chi connectivity index (χ0v) is 14.9. The van der Waals surface area contributed by atoms with Gasteiger partial charge in [0.1, 0.15) is 5.75 Å². The quantitative estimate of drug-likeness (QED) is 0.337. The number of nitrogens with zero attached hydrogens (tertiary/aromatic N) is 3. The van der Waals surface area contributed by atoms with Gasteiger partial charge in [-0.2, -0.15) is 0 Å². The summed E-state index contributed by atoms with van der Waals surface area (Å²) in [6.45, 7) is 1.67. The van der Waals surface area contributed by atoms with Crippen molar-refractivity contribution in [1.82, 2.24) is 15.2 Å². The highest BCUT2D eigenvalue weighted by molar-refractivity contribution is 8.00. The number of thioether (sulfide) groups is 1. The zero-order chi connectivity index (χ0) is 19.4. The van der Waals surface area contributed by atoms with Gasteiger partial charge in [0.25, 0.3) is 5.69 Å². The Bertz CT molecular complexity index is 991. The van der Waals surface area contributed by atoms with Gasteiger partial charge in [-0.05, 0) is 25.1 Å². The van der Waals surface area contributed by atoms with Gasteiger partial charge in [0.15, 0.2) is 5.82 Å². The lowest BCUT2D eigenvalue weighted by Crippen LogP contribution is -2.22. The molecule has 0 fully saturated rings. The van der Waals surface area contributed by atoms with Gasteiger partial charge < -0.3 is 10.4 Å².